The average molecular weight is 294 g/mol. The fourth-order valence-corrected chi connectivity index (χ4v) is 1.07. The molecular formula is C10H16F2N4O4. The summed E-state index contributed by atoms with van der Waals surface area (Å²) in [5.74, 6) is -2.05. The second kappa shape index (κ2) is 8.80. The van der Waals surface area contributed by atoms with Crippen molar-refractivity contribution in [2.75, 3.05) is 26.9 Å². The number of ether oxygens (including phenoxy) is 2. The Morgan fingerprint density at radius 3 is 2.40 bits per heavy atom. The molecule has 1 amide bonds. The number of halogens is 2. The third-order valence-electron chi connectivity index (χ3n) is 1.97. The monoisotopic (exact) mass is 294 g/mol. The lowest BCUT2D eigenvalue weighted by molar-refractivity contribution is -0.132. The minimum Gasteiger partial charge on any atom is -0.464 e. The third-order valence-corrected chi connectivity index (χ3v) is 1.97. The molecule has 0 aliphatic rings. The molecule has 0 aromatic carbocycles. The molecule has 8 nitrogen and oxygen atoms in total. The van der Waals surface area contributed by atoms with Crippen LogP contribution in [0, 0.1) is 5.41 Å². The number of alkyl halides is 2. The molecule has 0 heterocycles. The number of nitrogens with one attached hydrogen (secondary N) is 2. The normalized spacial score (nSPS) is 11.8. The van der Waals surface area contributed by atoms with Crippen LogP contribution in [-0.2, 0) is 19.1 Å². The van der Waals surface area contributed by atoms with Gasteiger partial charge in [0.1, 0.15) is 12.3 Å². The molecule has 0 saturated carbocycles. The number of carbonyl (C=O) groups is 2. The Morgan fingerprint density at radius 2 is 1.95 bits per heavy atom. The van der Waals surface area contributed by atoms with E-state index in [-0.39, 0.29) is 18.8 Å². The Balaban J connectivity index is 4.60. The van der Waals surface area contributed by atoms with Crippen LogP contribution in [0.4, 0.5) is 8.78 Å². The van der Waals surface area contributed by atoms with Crippen LogP contribution in [0.3, 0.4) is 0 Å². The first-order chi connectivity index (χ1) is 9.31. The van der Waals surface area contributed by atoms with Crippen molar-refractivity contribution in [1.82, 2.24) is 5.32 Å². The highest BCUT2D eigenvalue weighted by molar-refractivity contribution is 6.42. The summed E-state index contributed by atoms with van der Waals surface area (Å²) in [7, 11) is 1.04. The molecule has 0 fully saturated rings. The van der Waals surface area contributed by atoms with E-state index in [2.05, 4.69) is 14.8 Å². The van der Waals surface area contributed by atoms with Crippen molar-refractivity contribution < 1.29 is 27.8 Å². The lowest BCUT2D eigenvalue weighted by Crippen LogP contribution is -2.35. The number of primary amides is 1. The average Bonchev–Trinajstić information content (AvgIpc) is 2.39. The number of rotatable bonds is 9. The molecule has 0 aromatic rings. The minimum absolute atomic E-state index is 0.0554. The molecule has 20 heavy (non-hydrogen) atoms. The lowest BCUT2D eigenvalue weighted by Gasteiger charge is -2.11. The lowest BCUT2D eigenvalue weighted by atomic mass is 10.2. The van der Waals surface area contributed by atoms with Crippen molar-refractivity contribution in [3.05, 3.63) is 11.4 Å². The number of esters is 1. The maximum atomic E-state index is 11.8. The van der Waals surface area contributed by atoms with E-state index in [4.69, 9.17) is 16.9 Å². The van der Waals surface area contributed by atoms with Gasteiger partial charge in [0.25, 0.3) is 12.3 Å². The summed E-state index contributed by atoms with van der Waals surface area (Å²) in [6.07, 6.45) is -2.60. The van der Waals surface area contributed by atoms with Crippen LogP contribution in [0.15, 0.2) is 11.4 Å². The topological polar surface area (TPSA) is 141 Å². The van der Waals surface area contributed by atoms with E-state index >= 15 is 0 Å². The molecule has 0 bridgehead atoms. The van der Waals surface area contributed by atoms with Gasteiger partial charge in [-0.1, -0.05) is 0 Å². The first-order valence-electron chi connectivity index (χ1n) is 5.37. The number of nitrogens with two attached hydrogens (primary N) is 2. The van der Waals surface area contributed by atoms with E-state index in [9.17, 15) is 18.4 Å². The number of methoxy groups -OCH3 is 1. The van der Waals surface area contributed by atoms with Crippen LogP contribution in [0.2, 0.25) is 0 Å². The van der Waals surface area contributed by atoms with Gasteiger partial charge in [0, 0.05) is 6.54 Å². The summed E-state index contributed by atoms with van der Waals surface area (Å²) in [4.78, 5) is 22.2. The van der Waals surface area contributed by atoms with Crippen molar-refractivity contribution in [1.29, 1.82) is 5.41 Å². The van der Waals surface area contributed by atoms with Crippen molar-refractivity contribution in [2.45, 2.75) is 6.43 Å². The predicted molar refractivity (Wildman–Crippen MR) is 65.0 cm³/mol. The van der Waals surface area contributed by atoms with Crippen LogP contribution in [-0.4, -0.2) is 50.9 Å². The fraction of sp³-hybridized carbons (Fsp3) is 0.500. The minimum atomic E-state index is -2.60. The van der Waals surface area contributed by atoms with Gasteiger partial charge in [-0.25, -0.2) is 13.6 Å². The molecule has 0 aromatic heterocycles. The predicted octanol–water partition coefficient (Wildman–Crippen LogP) is -1.29. The molecular weight excluding hydrogens is 278 g/mol. The highest BCUT2D eigenvalue weighted by atomic mass is 19.3. The number of amides is 1. The van der Waals surface area contributed by atoms with E-state index in [1.165, 1.54) is 0 Å². The Hall–Kier alpha value is -2.23. The zero-order valence-corrected chi connectivity index (χ0v) is 10.7. The van der Waals surface area contributed by atoms with Crippen LogP contribution >= 0.6 is 0 Å². The van der Waals surface area contributed by atoms with E-state index in [1.807, 2.05) is 0 Å². The summed E-state index contributed by atoms with van der Waals surface area (Å²) in [5, 5.41) is 9.78. The van der Waals surface area contributed by atoms with Crippen molar-refractivity contribution in [3.63, 3.8) is 0 Å². The SMILES string of the molecule is COC(=O)C(=N)/C(N)=C(\NCCOCC(F)F)C(N)=O. The van der Waals surface area contributed by atoms with Gasteiger partial charge in [-0.05, 0) is 0 Å². The van der Waals surface area contributed by atoms with Crippen LogP contribution in [0.25, 0.3) is 0 Å². The largest absolute Gasteiger partial charge is 0.464 e. The molecule has 0 rings (SSSR count). The molecule has 0 spiro atoms. The summed E-state index contributed by atoms with van der Waals surface area (Å²) < 4.78 is 32.4. The Bertz CT molecular complexity index is 412. The van der Waals surface area contributed by atoms with Gasteiger partial charge in [0.05, 0.1) is 19.4 Å². The number of hydrogen-bond acceptors (Lipinski definition) is 7. The van der Waals surface area contributed by atoms with Gasteiger partial charge in [0.2, 0.25) is 0 Å². The zero-order chi connectivity index (χ0) is 15.7. The molecule has 0 unspecified atom stereocenters. The molecule has 0 saturated heterocycles. The summed E-state index contributed by atoms with van der Waals surface area (Å²) >= 11 is 0. The Morgan fingerprint density at radius 1 is 1.35 bits per heavy atom. The van der Waals surface area contributed by atoms with Gasteiger partial charge >= 0.3 is 5.97 Å². The van der Waals surface area contributed by atoms with Crippen molar-refractivity contribution in [3.8, 4) is 0 Å². The maximum absolute atomic E-state index is 11.8. The number of hydrogen-bond donors (Lipinski definition) is 4. The fourth-order valence-electron chi connectivity index (χ4n) is 1.07. The van der Waals surface area contributed by atoms with Gasteiger partial charge < -0.3 is 26.3 Å². The Kier molecular flexibility index (Phi) is 7.82. The third kappa shape index (κ3) is 6.09. The Labute approximate surface area is 113 Å². The molecule has 10 heteroatoms. The molecule has 114 valence electrons. The van der Waals surface area contributed by atoms with Gasteiger partial charge in [-0.3, -0.25) is 10.2 Å². The van der Waals surface area contributed by atoms with Crippen molar-refractivity contribution >= 4 is 17.6 Å². The van der Waals surface area contributed by atoms with E-state index in [1.54, 1.807) is 0 Å². The molecule has 6 N–H and O–H groups in total. The van der Waals surface area contributed by atoms with E-state index in [0.29, 0.717) is 0 Å². The summed E-state index contributed by atoms with van der Waals surface area (Å²) in [6.45, 7) is -0.940. The summed E-state index contributed by atoms with van der Waals surface area (Å²) in [6, 6.07) is 0. The number of carbonyl (C=O) groups excluding carboxylic acids is 2. The van der Waals surface area contributed by atoms with Crippen LogP contribution < -0.4 is 16.8 Å². The molecule has 0 radical (unpaired) electrons. The molecule has 0 atom stereocenters. The smallest absolute Gasteiger partial charge is 0.358 e. The first kappa shape index (κ1) is 17.8. The second-order valence-electron chi connectivity index (χ2n) is 3.41. The van der Waals surface area contributed by atoms with Crippen LogP contribution in [0.1, 0.15) is 0 Å². The van der Waals surface area contributed by atoms with E-state index in [0.717, 1.165) is 7.11 Å². The van der Waals surface area contributed by atoms with Gasteiger partial charge in [-0.15, -0.1) is 0 Å². The standard InChI is InChI=1S/C10H16F2N4O4/c1-19-10(18)7(14)6(13)8(9(15)17)16-2-3-20-4-5(11)12/h5,14,16H,2-4,13H2,1H3,(H2,15,17)/b8-6+,14-7?. The van der Waals surface area contributed by atoms with E-state index < -0.39 is 36.3 Å². The van der Waals surface area contributed by atoms with Gasteiger partial charge in [-0.2, -0.15) is 0 Å². The van der Waals surface area contributed by atoms with Crippen molar-refractivity contribution in [2.24, 2.45) is 11.5 Å². The van der Waals surface area contributed by atoms with Crippen LogP contribution in [0.5, 0.6) is 0 Å². The highest BCUT2D eigenvalue weighted by Gasteiger charge is 2.19. The highest BCUT2D eigenvalue weighted by Crippen LogP contribution is 1.99. The summed E-state index contributed by atoms with van der Waals surface area (Å²) in [5.41, 5.74) is 8.83. The quantitative estimate of drug-likeness (QED) is 0.180. The zero-order valence-electron chi connectivity index (χ0n) is 10.7. The second-order valence-corrected chi connectivity index (χ2v) is 3.41. The van der Waals surface area contributed by atoms with Gasteiger partial charge in [0.15, 0.2) is 5.71 Å². The molecule has 0 aliphatic heterocycles. The molecule has 0 aliphatic carbocycles. The maximum Gasteiger partial charge on any atom is 0.358 e. The first-order valence-corrected chi connectivity index (χ1v) is 5.37.